The van der Waals surface area contributed by atoms with Crippen LogP contribution in [0.3, 0.4) is 0 Å². The van der Waals surface area contributed by atoms with Crippen LogP contribution in [0.2, 0.25) is 0 Å². The van der Waals surface area contributed by atoms with E-state index >= 15 is 0 Å². The van der Waals surface area contributed by atoms with Crippen molar-refractivity contribution in [1.82, 2.24) is 0 Å². The highest BCUT2D eigenvalue weighted by Gasteiger charge is 2.23. The van der Waals surface area contributed by atoms with Gasteiger partial charge in [0.25, 0.3) is 0 Å². The van der Waals surface area contributed by atoms with Crippen LogP contribution >= 0.6 is 0 Å². The number of benzene rings is 1. The molecule has 0 heteroatoms. The van der Waals surface area contributed by atoms with E-state index in [1.807, 2.05) is 0 Å². The summed E-state index contributed by atoms with van der Waals surface area (Å²) in [6.07, 6.45) is 15.7. The molecule has 0 fully saturated rings. The Kier molecular flexibility index (Phi) is 7.33. The number of unbranched alkanes of at least 4 members (excludes halogenated alkanes) is 7. The Morgan fingerprint density at radius 3 is 2.14 bits per heavy atom. The van der Waals surface area contributed by atoms with Gasteiger partial charge in [0.15, 0.2) is 0 Å². The van der Waals surface area contributed by atoms with Crippen LogP contribution in [-0.2, 0) is 0 Å². The summed E-state index contributed by atoms with van der Waals surface area (Å²) in [5.74, 6) is 1.62. The molecule has 0 aliphatic heterocycles. The van der Waals surface area contributed by atoms with Crippen LogP contribution in [0.15, 0.2) is 24.3 Å². The minimum Gasteiger partial charge on any atom is -0.0654 e. The standard InChI is InChI=1S/C21H34/c1-3-4-5-6-7-8-9-10-13-19-17-16-18(2)20-14-11-12-15-21(19)20/h11-12,14-15,18-19H,3-10,13,16-17H2,1-2H3. The zero-order valence-corrected chi connectivity index (χ0v) is 14.2. The summed E-state index contributed by atoms with van der Waals surface area (Å²) in [5.41, 5.74) is 3.30. The van der Waals surface area contributed by atoms with Crippen LogP contribution in [0.5, 0.6) is 0 Å². The molecule has 2 rings (SSSR count). The molecule has 0 bridgehead atoms. The summed E-state index contributed by atoms with van der Waals surface area (Å²) in [6, 6.07) is 9.20. The Bertz CT molecular complexity index is 393. The van der Waals surface area contributed by atoms with Gasteiger partial charge < -0.3 is 0 Å². The van der Waals surface area contributed by atoms with E-state index in [4.69, 9.17) is 0 Å². The van der Waals surface area contributed by atoms with Crippen LogP contribution in [-0.4, -0.2) is 0 Å². The van der Waals surface area contributed by atoms with E-state index in [0.717, 1.165) is 11.8 Å². The quantitative estimate of drug-likeness (QED) is 0.421. The summed E-state index contributed by atoms with van der Waals surface area (Å²) >= 11 is 0. The molecular weight excluding hydrogens is 252 g/mol. The molecule has 0 heterocycles. The molecule has 0 N–H and O–H groups in total. The number of hydrogen-bond acceptors (Lipinski definition) is 0. The van der Waals surface area contributed by atoms with Crippen molar-refractivity contribution in [3.63, 3.8) is 0 Å². The predicted molar refractivity (Wildman–Crippen MR) is 94.1 cm³/mol. The van der Waals surface area contributed by atoms with Crippen molar-refractivity contribution in [2.24, 2.45) is 0 Å². The Labute approximate surface area is 132 Å². The summed E-state index contributed by atoms with van der Waals surface area (Å²) in [4.78, 5) is 0. The molecule has 2 atom stereocenters. The molecule has 0 aromatic heterocycles. The lowest BCUT2D eigenvalue weighted by molar-refractivity contribution is 0.455. The molecule has 118 valence electrons. The van der Waals surface area contributed by atoms with Crippen molar-refractivity contribution >= 4 is 0 Å². The molecule has 21 heavy (non-hydrogen) atoms. The van der Waals surface area contributed by atoms with E-state index in [9.17, 15) is 0 Å². The van der Waals surface area contributed by atoms with Gasteiger partial charge in [-0.15, -0.1) is 0 Å². The van der Waals surface area contributed by atoms with E-state index in [1.54, 1.807) is 11.1 Å². The van der Waals surface area contributed by atoms with Gasteiger partial charge in [-0.25, -0.2) is 0 Å². The third kappa shape index (κ3) is 5.16. The van der Waals surface area contributed by atoms with Gasteiger partial charge in [-0.3, -0.25) is 0 Å². The van der Waals surface area contributed by atoms with Crippen LogP contribution in [0.25, 0.3) is 0 Å². The third-order valence-electron chi connectivity index (χ3n) is 5.32. The molecule has 2 unspecified atom stereocenters. The average Bonchev–Trinajstić information content (AvgIpc) is 2.52. The second-order valence-electron chi connectivity index (χ2n) is 7.07. The molecule has 0 saturated carbocycles. The van der Waals surface area contributed by atoms with E-state index in [2.05, 4.69) is 38.1 Å². The second kappa shape index (κ2) is 9.28. The maximum atomic E-state index is 2.39. The minimum atomic E-state index is 0.774. The van der Waals surface area contributed by atoms with Gasteiger partial charge in [-0.2, -0.15) is 0 Å². The third-order valence-corrected chi connectivity index (χ3v) is 5.32. The molecule has 1 aliphatic carbocycles. The predicted octanol–water partition coefficient (Wildman–Crippen LogP) is 7.20. The summed E-state index contributed by atoms with van der Waals surface area (Å²) in [6.45, 7) is 4.69. The first-order valence-corrected chi connectivity index (χ1v) is 9.41. The molecular formula is C21H34. The van der Waals surface area contributed by atoms with Gasteiger partial charge in [0, 0.05) is 0 Å². The fourth-order valence-electron chi connectivity index (χ4n) is 3.92. The smallest absolute Gasteiger partial charge is 0.0159 e. The molecule has 0 nitrogen and oxygen atoms in total. The Morgan fingerprint density at radius 1 is 0.810 bits per heavy atom. The van der Waals surface area contributed by atoms with E-state index < -0.39 is 0 Å². The molecule has 0 spiro atoms. The van der Waals surface area contributed by atoms with Crippen LogP contribution in [0.1, 0.15) is 107 Å². The van der Waals surface area contributed by atoms with Crippen molar-refractivity contribution in [1.29, 1.82) is 0 Å². The largest absolute Gasteiger partial charge is 0.0654 e. The maximum Gasteiger partial charge on any atom is -0.0159 e. The van der Waals surface area contributed by atoms with Crippen LogP contribution < -0.4 is 0 Å². The van der Waals surface area contributed by atoms with Crippen molar-refractivity contribution in [2.45, 2.75) is 96.3 Å². The van der Waals surface area contributed by atoms with E-state index in [0.29, 0.717) is 0 Å². The van der Waals surface area contributed by atoms with Gasteiger partial charge in [0.1, 0.15) is 0 Å². The summed E-state index contributed by atoms with van der Waals surface area (Å²) in [7, 11) is 0. The molecule has 0 radical (unpaired) electrons. The number of rotatable bonds is 9. The number of fused-ring (bicyclic) bond motifs is 1. The fraction of sp³-hybridized carbons (Fsp3) is 0.714. The Balaban J connectivity index is 1.66. The van der Waals surface area contributed by atoms with Gasteiger partial charge in [0.05, 0.1) is 0 Å². The molecule has 0 amide bonds. The first-order valence-electron chi connectivity index (χ1n) is 9.41. The zero-order chi connectivity index (χ0) is 14.9. The lowest BCUT2D eigenvalue weighted by Crippen LogP contribution is -2.12. The summed E-state index contributed by atoms with van der Waals surface area (Å²) < 4.78 is 0. The lowest BCUT2D eigenvalue weighted by atomic mass is 9.75. The molecule has 0 saturated heterocycles. The Hall–Kier alpha value is -0.780. The fourth-order valence-corrected chi connectivity index (χ4v) is 3.92. The second-order valence-corrected chi connectivity index (χ2v) is 7.07. The minimum absolute atomic E-state index is 0.774. The van der Waals surface area contributed by atoms with Crippen molar-refractivity contribution in [3.05, 3.63) is 35.4 Å². The summed E-state index contributed by atoms with van der Waals surface area (Å²) in [5, 5.41) is 0. The molecule has 1 aromatic carbocycles. The molecule has 1 aromatic rings. The zero-order valence-electron chi connectivity index (χ0n) is 14.2. The SMILES string of the molecule is CCCCCCCCCCC1CCC(C)c2ccccc21. The van der Waals surface area contributed by atoms with E-state index in [-0.39, 0.29) is 0 Å². The van der Waals surface area contributed by atoms with Gasteiger partial charge in [-0.05, 0) is 42.2 Å². The highest BCUT2D eigenvalue weighted by molar-refractivity contribution is 5.35. The maximum absolute atomic E-state index is 2.39. The van der Waals surface area contributed by atoms with Gasteiger partial charge in [0.2, 0.25) is 0 Å². The van der Waals surface area contributed by atoms with Crippen molar-refractivity contribution in [2.75, 3.05) is 0 Å². The monoisotopic (exact) mass is 286 g/mol. The highest BCUT2D eigenvalue weighted by Crippen LogP contribution is 2.40. The molecule has 1 aliphatic rings. The lowest BCUT2D eigenvalue weighted by Gasteiger charge is -2.29. The van der Waals surface area contributed by atoms with Crippen molar-refractivity contribution in [3.8, 4) is 0 Å². The average molecular weight is 287 g/mol. The first kappa shape index (κ1) is 16.6. The van der Waals surface area contributed by atoms with Gasteiger partial charge in [-0.1, -0.05) is 89.5 Å². The number of hydrogen-bond donors (Lipinski definition) is 0. The van der Waals surface area contributed by atoms with Gasteiger partial charge >= 0.3 is 0 Å². The Morgan fingerprint density at radius 2 is 1.43 bits per heavy atom. The highest BCUT2D eigenvalue weighted by atomic mass is 14.3. The van der Waals surface area contributed by atoms with Crippen molar-refractivity contribution < 1.29 is 0 Å². The first-order chi connectivity index (χ1) is 10.3. The normalized spacial score (nSPS) is 21.2. The van der Waals surface area contributed by atoms with Crippen LogP contribution in [0, 0.1) is 0 Å². The van der Waals surface area contributed by atoms with Crippen LogP contribution in [0.4, 0.5) is 0 Å². The van der Waals surface area contributed by atoms with E-state index in [1.165, 1.54) is 70.6 Å². The topological polar surface area (TPSA) is 0 Å².